The minimum absolute atomic E-state index is 0.0977. The predicted molar refractivity (Wildman–Crippen MR) is 67.2 cm³/mol. The van der Waals surface area contributed by atoms with Crippen molar-refractivity contribution in [1.29, 1.82) is 0 Å². The SMILES string of the molecule is CCn1ncnc1CC(N)c1sccc1OC. The smallest absolute Gasteiger partial charge is 0.138 e. The van der Waals surface area contributed by atoms with Crippen LogP contribution >= 0.6 is 11.3 Å². The Bertz CT molecular complexity index is 479. The van der Waals surface area contributed by atoms with Gasteiger partial charge < -0.3 is 10.5 Å². The van der Waals surface area contributed by atoms with Crippen molar-refractivity contribution in [2.24, 2.45) is 5.73 Å². The maximum Gasteiger partial charge on any atom is 0.138 e. The Morgan fingerprint density at radius 3 is 3.12 bits per heavy atom. The highest BCUT2D eigenvalue weighted by molar-refractivity contribution is 7.10. The molecule has 2 heterocycles. The van der Waals surface area contributed by atoms with Crippen LogP contribution in [0.1, 0.15) is 23.7 Å². The third-order valence-corrected chi connectivity index (χ3v) is 3.64. The normalized spacial score (nSPS) is 12.6. The van der Waals surface area contributed by atoms with Crippen LogP contribution in [-0.2, 0) is 13.0 Å². The van der Waals surface area contributed by atoms with Crippen LogP contribution in [0.2, 0.25) is 0 Å². The number of ether oxygens (including phenoxy) is 1. The molecule has 2 N–H and O–H groups in total. The summed E-state index contributed by atoms with van der Waals surface area (Å²) >= 11 is 1.61. The van der Waals surface area contributed by atoms with E-state index in [-0.39, 0.29) is 6.04 Å². The van der Waals surface area contributed by atoms with Crippen LogP contribution < -0.4 is 10.5 Å². The molecule has 0 aliphatic rings. The molecule has 0 aliphatic heterocycles. The van der Waals surface area contributed by atoms with Gasteiger partial charge in [-0.3, -0.25) is 4.68 Å². The van der Waals surface area contributed by atoms with Crippen molar-refractivity contribution in [1.82, 2.24) is 14.8 Å². The number of rotatable bonds is 5. The van der Waals surface area contributed by atoms with Crippen LogP contribution in [0.4, 0.5) is 0 Å². The third kappa shape index (κ3) is 2.48. The van der Waals surface area contributed by atoms with E-state index in [1.54, 1.807) is 24.8 Å². The van der Waals surface area contributed by atoms with E-state index < -0.39 is 0 Å². The first-order valence-corrected chi connectivity index (χ1v) is 6.37. The zero-order valence-electron chi connectivity index (χ0n) is 9.96. The summed E-state index contributed by atoms with van der Waals surface area (Å²) in [5.74, 6) is 1.76. The van der Waals surface area contributed by atoms with E-state index in [2.05, 4.69) is 10.1 Å². The first-order valence-electron chi connectivity index (χ1n) is 5.49. The van der Waals surface area contributed by atoms with Crippen LogP contribution in [-0.4, -0.2) is 21.9 Å². The molecule has 17 heavy (non-hydrogen) atoms. The van der Waals surface area contributed by atoms with E-state index in [9.17, 15) is 0 Å². The molecule has 2 rings (SSSR count). The van der Waals surface area contributed by atoms with Gasteiger partial charge >= 0.3 is 0 Å². The van der Waals surface area contributed by atoms with Crippen molar-refractivity contribution in [3.63, 3.8) is 0 Å². The van der Waals surface area contributed by atoms with Gasteiger partial charge in [-0.15, -0.1) is 11.3 Å². The van der Waals surface area contributed by atoms with E-state index >= 15 is 0 Å². The lowest BCUT2D eigenvalue weighted by atomic mass is 10.1. The Hall–Kier alpha value is -1.40. The highest BCUT2D eigenvalue weighted by atomic mass is 32.1. The number of nitrogens with two attached hydrogens (primary N) is 1. The summed E-state index contributed by atoms with van der Waals surface area (Å²) in [5, 5.41) is 6.12. The van der Waals surface area contributed by atoms with Crippen molar-refractivity contribution < 1.29 is 4.74 Å². The number of aromatic nitrogens is 3. The van der Waals surface area contributed by atoms with Crippen LogP contribution in [0.5, 0.6) is 5.75 Å². The minimum atomic E-state index is -0.0977. The lowest BCUT2D eigenvalue weighted by Crippen LogP contribution is -2.16. The summed E-state index contributed by atoms with van der Waals surface area (Å²) in [5.41, 5.74) is 6.18. The Balaban J connectivity index is 2.14. The van der Waals surface area contributed by atoms with E-state index in [1.807, 2.05) is 23.1 Å². The molecule has 1 atom stereocenters. The summed E-state index contributed by atoms with van der Waals surface area (Å²) in [6, 6.07) is 1.84. The molecule has 0 fully saturated rings. The monoisotopic (exact) mass is 252 g/mol. The second-order valence-electron chi connectivity index (χ2n) is 3.66. The van der Waals surface area contributed by atoms with Gasteiger partial charge in [-0.1, -0.05) is 0 Å². The summed E-state index contributed by atoms with van der Waals surface area (Å²) < 4.78 is 7.13. The lowest BCUT2D eigenvalue weighted by Gasteiger charge is -2.11. The standard InChI is InChI=1S/C11H16N4OS/c1-3-15-10(13-7-14-15)6-8(12)11-9(16-2)4-5-17-11/h4-5,7-8H,3,6,12H2,1-2H3. The summed E-state index contributed by atoms with van der Waals surface area (Å²) in [6.07, 6.45) is 2.24. The van der Waals surface area contributed by atoms with Crippen LogP contribution in [0.3, 0.4) is 0 Å². The van der Waals surface area contributed by atoms with Gasteiger partial charge in [0.2, 0.25) is 0 Å². The highest BCUT2D eigenvalue weighted by Gasteiger charge is 2.16. The molecule has 0 saturated carbocycles. The largest absolute Gasteiger partial charge is 0.496 e. The molecule has 0 radical (unpaired) electrons. The van der Waals surface area contributed by atoms with E-state index in [4.69, 9.17) is 10.5 Å². The molecule has 92 valence electrons. The van der Waals surface area contributed by atoms with Gasteiger partial charge in [0, 0.05) is 19.0 Å². The van der Waals surface area contributed by atoms with Crippen LogP contribution in [0.15, 0.2) is 17.8 Å². The molecular formula is C11H16N4OS. The highest BCUT2D eigenvalue weighted by Crippen LogP contribution is 2.30. The van der Waals surface area contributed by atoms with Crippen molar-refractivity contribution in [2.75, 3.05) is 7.11 Å². The quantitative estimate of drug-likeness (QED) is 0.878. The molecule has 2 aromatic rings. The number of methoxy groups -OCH3 is 1. The predicted octanol–water partition coefficient (Wildman–Crippen LogP) is 1.61. The van der Waals surface area contributed by atoms with E-state index in [0.717, 1.165) is 23.0 Å². The molecule has 5 nitrogen and oxygen atoms in total. The first-order chi connectivity index (χ1) is 8.26. The van der Waals surface area contributed by atoms with E-state index in [0.29, 0.717) is 6.42 Å². The molecule has 0 amide bonds. The van der Waals surface area contributed by atoms with Gasteiger partial charge in [0.15, 0.2) is 0 Å². The average Bonchev–Trinajstić information content (AvgIpc) is 2.96. The van der Waals surface area contributed by atoms with Gasteiger partial charge in [0.1, 0.15) is 17.9 Å². The van der Waals surface area contributed by atoms with Gasteiger partial charge in [-0.2, -0.15) is 5.10 Å². The summed E-state index contributed by atoms with van der Waals surface area (Å²) in [4.78, 5) is 5.28. The second kappa shape index (κ2) is 5.29. The van der Waals surface area contributed by atoms with Crippen molar-refractivity contribution >= 4 is 11.3 Å². The molecule has 2 aromatic heterocycles. The van der Waals surface area contributed by atoms with Gasteiger partial charge in [0.05, 0.1) is 12.0 Å². The number of nitrogens with zero attached hydrogens (tertiary/aromatic N) is 3. The summed E-state index contributed by atoms with van der Waals surface area (Å²) in [6.45, 7) is 2.85. The zero-order chi connectivity index (χ0) is 12.3. The number of thiophene rings is 1. The topological polar surface area (TPSA) is 66.0 Å². The van der Waals surface area contributed by atoms with Crippen LogP contribution in [0, 0.1) is 0 Å². The van der Waals surface area contributed by atoms with Crippen molar-refractivity contribution in [3.8, 4) is 5.75 Å². The maximum atomic E-state index is 6.18. The van der Waals surface area contributed by atoms with Gasteiger partial charge in [0.25, 0.3) is 0 Å². The zero-order valence-corrected chi connectivity index (χ0v) is 10.8. The Morgan fingerprint density at radius 2 is 2.41 bits per heavy atom. The molecule has 1 unspecified atom stereocenters. The van der Waals surface area contributed by atoms with Crippen LogP contribution in [0.25, 0.3) is 0 Å². The van der Waals surface area contributed by atoms with Gasteiger partial charge in [-0.05, 0) is 18.4 Å². The lowest BCUT2D eigenvalue weighted by molar-refractivity contribution is 0.408. The molecule has 6 heteroatoms. The maximum absolute atomic E-state index is 6.18. The molecule has 0 saturated heterocycles. The first kappa shape index (κ1) is 12.1. The van der Waals surface area contributed by atoms with Gasteiger partial charge in [-0.25, -0.2) is 4.98 Å². The number of aryl methyl sites for hydroxylation is 1. The Kier molecular flexibility index (Phi) is 3.75. The summed E-state index contributed by atoms with van der Waals surface area (Å²) in [7, 11) is 1.66. The fourth-order valence-corrected chi connectivity index (χ4v) is 2.61. The van der Waals surface area contributed by atoms with E-state index in [1.165, 1.54) is 0 Å². The average molecular weight is 252 g/mol. The minimum Gasteiger partial charge on any atom is -0.496 e. The molecular weight excluding hydrogens is 236 g/mol. The third-order valence-electron chi connectivity index (χ3n) is 2.61. The fourth-order valence-electron chi connectivity index (χ4n) is 1.75. The Morgan fingerprint density at radius 1 is 1.59 bits per heavy atom. The molecule has 0 spiro atoms. The van der Waals surface area contributed by atoms with Crippen molar-refractivity contribution in [3.05, 3.63) is 28.5 Å². The molecule has 0 bridgehead atoms. The number of hydrogen-bond acceptors (Lipinski definition) is 5. The fraction of sp³-hybridized carbons (Fsp3) is 0.455. The van der Waals surface area contributed by atoms with Crippen molar-refractivity contribution in [2.45, 2.75) is 25.9 Å². The molecule has 0 aliphatic carbocycles. The molecule has 0 aromatic carbocycles. The Labute approximate surface area is 104 Å². The number of hydrogen-bond donors (Lipinski definition) is 1. The second-order valence-corrected chi connectivity index (χ2v) is 4.60.